The number of nitrogens with zero attached hydrogens (tertiary/aromatic N) is 1. The fraction of sp³-hybridized carbons (Fsp3) is 0.227. The minimum atomic E-state index is -0.380. The maximum Gasteiger partial charge on any atom is 0.338 e. The van der Waals surface area contributed by atoms with Crippen LogP contribution in [0.2, 0.25) is 0 Å². The highest BCUT2D eigenvalue weighted by Crippen LogP contribution is 2.29. The number of carbonyl (C=O) groups is 2. The van der Waals surface area contributed by atoms with Crippen molar-refractivity contribution in [3.63, 3.8) is 0 Å². The highest BCUT2D eigenvalue weighted by molar-refractivity contribution is 7.99. The summed E-state index contributed by atoms with van der Waals surface area (Å²) in [5.41, 5.74) is 2.93. The molecule has 0 aliphatic carbocycles. The zero-order valence-electron chi connectivity index (χ0n) is 16.5. The molecule has 6 nitrogen and oxygen atoms in total. The fourth-order valence-corrected chi connectivity index (χ4v) is 3.61. The summed E-state index contributed by atoms with van der Waals surface area (Å²) in [6.07, 6.45) is 0. The van der Waals surface area contributed by atoms with Gasteiger partial charge in [0.1, 0.15) is 11.3 Å². The van der Waals surface area contributed by atoms with Crippen LogP contribution in [0.15, 0.2) is 53.6 Å². The van der Waals surface area contributed by atoms with Gasteiger partial charge in [-0.2, -0.15) is 0 Å². The van der Waals surface area contributed by atoms with Crippen molar-refractivity contribution in [3.8, 4) is 5.75 Å². The number of para-hydroxylation sites is 1. The Hall–Kier alpha value is -3.06. The molecule has 29 heavy (non-hydrogen) atoms. The molecule has 0 saturated carbocycles. The summed E-state index contributed by atoms with van der Waals surface area (Å²) in [7, 11) is 1.62. The van der Waals surface area contributed by atoms with Gasteiger partial charge in [0.2, 0.25) is 5.91 Å². The molecular weight excluding hydrogens is 388 g/mol. The minimum absolute atomic E-state index is 0.154. The number of fused-ring (bicyclic) bond motifs is 1. The SMILES string of the molecule is CCOC(=O)c1ccc(NC(=O)CSc2cc(C)c3cccc(OC)c3n2)cc1. The summed E-state index contributed by atoms with van der Waals surface area (Å²) in [6, 6.07) is 14.4. The van der Waals surface area contributed by atoms with E-state index in [-0.39, 0.29) is 17.6 Å². The van der Waals surface area contributed by atoms with Gasteiger partial charge in [-0.05, 0) is 55.8 Å². The third kappa shape index (κ3) is 5.06. The van der Waals surface area contributed by atoms with Crippen LogP contribution < -0.4 is 10.1 Å². The second kappa shape index (κ2) is 9.43. The van der Waals surface area contributed by atoms with Crippen LogP contribution in [0.1, 0.15) is 22.8 Å². The molecular formula is C22H22N2O4S. The molecule has 0 unspecified atom stereocenters. The number of rotatable bonds is 7. The van der Waals surface area contributed by atoms with E-state index in [1.165, 1.54) is 11.8 Å². The maximum atomic E-state index is 12.3. The highest BCUT2D eigenvalue weighted by Gasteiger charge is 2.11. The van der Waals surface area contributed by atoms with Gasteiger partial charge in [0.05, 0.1) is 30.1 Å². The van der Waals surface area contributed by atoms with Crippen LogP contribution >= 0.6 is 11.8 Å². The number of anilines is 1. The number of nitrogens with one attached hydrogen (secondary N) is 1. The number of benzene rings is 2. The van der Waals surface area contributed by atoms with Crippen molar-refractivity contribution >= 4 is 40.2 Å². The molecule has 1 heterocycles. The number of aromatic nitrogens is 1. The van der Waals surface area contributed by atoms with Gasteiger partial charge in [-0.1, -0.05) is 23.9 Å². The first-order valence-electron chi connectivity index (χ1n) is 9.16. The first kappa shape index (κ1) is 20.7. The summed E-state index contributed by atoms with van der Waals surface area (Å²) in [5, 5.41) is 4.60. The number of hydrogen-bond donors (Lipinski definition) is 1. The first-order valence-corrected chi connectivity index (χ1v) is 10.1. The number of carbonyl (C=O) groups excluding carboxylic acids is 2. The van der Waals surface area contributed by atoms with E-state index in [2.05, 4.69) is 10.3 Å². The van der Waals surface area contributed by atoms with Crippen LogP contribution in [0, 0.1) is 6.92 Å². The Kier molecular flexibility index (Phi) is 6.72. The third-order valence-electron chi connectivity index (χ3n) is 4.24. The van der Waals surface area contributed by atoms with Crippen molar-refractivity contribution in [1.29, 1.82) is 0 Å². The lowest BCUT2D eigenvalue weighted by Gasteiger charge is -2.10. The zero-order chi connectivity index (χ0) is 20.8. The largest absolute Gasteiger partial charge is 0.494 e. The van der Waals surface area contributed by atoms with Crippen molar-refractivity contribution < 1.29 is 19.1 Å². The van der Waals surface area contributed by atoms with Gasteiger partial charge >= 0.3 is 5.97 Å². The number of pyridine rings is 1. The lowest BCUT2D eigenvalue weighted by molar-refractivity contribution is -0.113. The van der Waals surface area contributed by atoms with Gasteiger partial charge in [-0.25, -0.2) is 9.78 Å². The second-order valence-corrected chi connectivity index (χ2v) is 7.26. The Morgan fingerprint density at radius 3 is 2.59 bits per heavy atom. The van der Waals surface area contributed by atoms with Crippen molar-refractivity contribution in [2.45, 2.75) is 18.9 Å². The number of amides is 1. The molecule has 0 atom stereocenters. The topological polar surface area (TPSA) is 77.5 Å². The van der Waals surface area contributed by atoms with E-state index in [9.17, 15) is 9.59 Å². The number of aryl methyl sites for hydroxylation is 1. The van der Waals surface area contributed by atoms with Crippen LogP contribution in [-0.2, 0) is 9.53 Å². The van der Waals surface area contributed by atoms with Crippen LogP contribution in [0.4, 0.5) is 5.69 Å². The molecule has 3 aromatic rings. The summed E-state index contributed by atoms with van der Waals surface area (Å²) in [6.45, 7) is 4.09. The maximum absolute atomic E-state index is 12.3. The standard InChI is InChI=1S/C22H22N2O4S/c1-4-28-22(26)15-8-10-16(11-9-15)23-19(25)13-29-20-12-14(2)17-6-5-7-18(27-3)21(17)24-20/h5-12H,4,13H2,1-3H3,(H,23,25). The van der Waals surface area contributed by atoms with Gasteiger partial charge in [-0.15, -0.1) is 0 Å². The van der Waals surface area contributed by atoms with Gasteiger partial charge < -0.3 is 14.8 Å². The molecule has 7 heteroatoms. The predicted octanol–water partition coefficient (Wildman–Crippen LogP) is 4.46. The Labute approximate surface area is 173 Å². The molecule has 0 spiro atoms. The molecule has 0 fully saturated rings. The number of thioether (sulfide) groups is 1. The van der Waals surface area contributed by atoms with Crippen molar-refractivity contribution in [3.05, 3.63) is 59.7 Å². The average molecular weight is 410 g/mol. The van der Waals surface area contributed by atoms with E-state index in [0.717, 1.165) is 21.5 Å². The number of ether oxygens (including phenoxy) is 2. The van der Waals surface area contributed by atoms with Crippen LogP contribution in [0.5, 0.6) is 5.75 Å². The van der Waals surface area contributed by atoms with Crippen LogP contribution in [-0.4, -0.2) is 36.3 Å². The van der Waals surface area contributed by atoms with E-state index < -0.39 is 0 Å². The smallest absolute Gasteiger partial charge is 0.338 e. The number of methoxy groups -OCH3 is 1. The summed E-state index contributed by atoms with van der Waals surface area (Å²) < 4.78 is 10.3. The number of hydrogen-bond acceptors (Lipinski definition) is 6. The molecule has 150 valence electrons. The fourth-order valence-electron chi connectivity index (χ4n) is 2.84. The molecule has 2 aromatic carbocycles. The Morgan fingerprint density at radius 1 is 1.14 bits per heavy atom. The monoisotopic (exact) mass is 410 g/mol. The first-order chi connectivity index (χ1) is 14.0. The second-order valence-electron chi connectivity index (χ2n) is 6.27. The van der Waals surface area contributed by atoms with E-state index in [1.54, 1.807) is 38.3 Å². The Morgan fingerprint density at radius 2 is 1.90 bits per heavy atom. The summed E-state index contributed by atoms with van der Waals surface area (Å²) in [5.74, 6) is 0.388. The van der Waals surface area contributed by atoms with Crippen LogP contribution in [0.25, 0.3) is 10.9 Å². The van der Waals surface area contributed by atoms with E-state index in [0.29, 0.717) is 23.6 Å². The van der Waals surface area contributed by atoms with Gasteiger partial charge in [0.25, 0.3) is 0 Å². The minimum Gasteiger partial charge on any atom is -0.494 e. The Bertz CT molecular complexity index is 1030. The molecule has 1 aromatic heterocycles. The van der Waals surface area contributed by atoms with Crippen molar-refractivity contribution in [2.75, 3.05) is 24.8 Å². The van der Waals surface area contributed by atoms with Crippen LogP contribution in [0.3, 0.4) is 0 Å². The molecule has 0 aliphatic heterocycles. The van der Waals surface area contributed by atoms with E-state index >= 15 is 0 Å². The molecule has 0 radical (unpaired) electrons. The summed E-state index contributed by atoms with van der Waals surface area (Å²) >= 11 is 1.36. The van der Waals surface area contributed by atoms with E-state index in [4.69, 9.17) is 9.47 Å². The molecule has 0 aliphatic rings. The predicted molar refractivity (Wildman–Crippen MR) is 115 cm³/mol. The molecule has 0 saturated heterocycles. The van der Waals surface area contributed by atoms with Crippen molar-refractivity contribution in [2.24, 2.45) is 0 Å². The zero-order valence-corrected chi connectivity index (χ0v) is 17.3. The molecule has 1 N–H and O–H groups in total. The molecule has 0 bridgehead atoms. The number of esters is 1. The molecule has 3 rings (SSSR count). The quantitative estimate of drug-likeness (QED) is 0.458. The van der Waals surface area contributed by atoms with Gasteiger partial charge in [-0.3, -0.25) is 4.79 Å². The van der Waals surface area contributed by atoms with E-state index in [1.807, 2.05) is 31.2 Å². The third-order valence-corrected chi connectivity index (χ3v) is 5.15. The highest BCUT2D eigenvalue weighted by atomic mass is 32.2. The van der Waals surface area contributed by atoms with Crippen molar-refractivity contribution in [1.82, 2.24) is 4.98 Å². The lowest BCUT2D eigenvalue weighted by Crippen LogP contribution is -2.14. The van der Waals surface area contributed by atoms with Gasteiger partial charge in [0, 0.05) is 11.1 Å². The lowest BCUT2D eigenvalue weighted by atomic mass is 10.1. The molecule has 1 amide bonds. The normalized spacial score (nSPS) is 10.6. The summed E-state index contributed by atoms with van der Waals surface area (Å²) in [4.78, 5) is 28.6. The van der Waals surface area contributed by atoms with Gasteiger partial charge in [0.15, 0.2) is 0 Å². The average Bonchev–Trinajstić information content (AvgIpc) is 2.72. The Balaban J connectivity index is 1.64.